The molecule has 0 heterocycles. The number of carboxylic acid groups (broad SMARTS) is 1. The quantitative estimate of drug-likeness (QED) is 0.159. The van der Waals surface area contributed by atoms with Gasteiger partial charge < -0.3 is 37.6 Å². The zero-order valence-corrected chi connectivity index (χ0v) is 20.6. The molecule has 3 amide bonds. The maximum absolute atomic E-state index is 13.3. The van der Waals surface area contributed by atoms with Crippen LogP contribution in [-0.2, 0) is 32.0 Å². The van der Waals surface area contributed by atoms with Gasteiger partial charge >= 0.3 is 5.97 Å². The van der Waals surface area contributed by atoms with Gasteiger partial charge in [-0.1, -0.05) is 42.5 Å². The lowest BCUT2D eigenvalue weighted by Gasteiger charge is -2.24. The lowest BCUT2D eigenvalue weighted by atomic mass is 10.0. The SMILES string of the molecule is NCCCCC(NC(=O)C(Cc1ccc(O)cc1)NC(=O)C(N)Cc1ccccc1)C(=O)NCC(=O)O. The van der Waals surface area contributed by atoms with Crippen molar-refractivity contribution in [2.24, 2.45) is 11.5 Å². The number of amides is 3. The van der Waals surface area contributed by atoms with E-state index >= 15 is 0 Å². The molecule has 0 saturated carbocycles. The highest BCUT2D eigenvalue weighted by atomic mass is 16.4. The first-order chi connectivity index (χ1) is 17.7. The average molecular weight is 514 g/mol. The molecule has 0 aliphatic heterocycles. The highest BCUT2D eigenvalue weighted by molar-refractivity contribution is 5.93. The first-order valence-electron chi connectivity index (χ1n) is 12.1. The minimum absolute atomic E-state index is 0.0498. The molecule has 11 heteroatoms. The number of phenolic OH excluding ortho intramolecular Hbond substituents is 1. The summed E-state index contributed by atoms with van der Waals surface area (Å²) in [6.07, 6.45) is 1.71. The van der Waals surface area contributed by atoms with Gasteiger partial charge in [-0.05, 0) is 55.5 Å². The summed E-state index contributed by atoms with van der Waals surface area (Å²) in [5.74, 6) is -2.99. The van der Waals surface area contributed by atoms with Crippen LogP contribution < -0.4 is 27.4 Å². The molecule has 0 bridgehead atoms. The summed E-state index contributed by atoms with van der Waals surface area (Å²) >= 11 is 0. The molecule has 2 rings (SSSR count). The van der Waals surface area contributed by atoms with E-state index in [1.165, 1.54) is 12.1 Å². The number of nitrogens with two attached hydrogens (primary N) is 2. The Kier molecular flexibility index (Phi) is 12.0. The van der Waals surface area contributed by atoms with Gasteiger partial charge in [-0.3, -0.25) is 19.2 Å². The Hall–Kier alpha value is -3.96. The Bertz CT molecular complexity index is 1030. The van der Waals surface area contributed by atoms with Gasteiger partial charge in [-0.15, -0.1) is 0 Å². The van der Waals surface area contributed by atoms with Crippen LogP contribution in [0.5, 0.6) is 5.75 Å². The number of unbranched alkanes of at least 4 members (excludes halogenated alkanes) is 1. The number of carbonyl (C=O) groups is 4. The van der Waals surface area contributed by atoms with Gasteiger partial charge in [0.25, 0.3) is 0 Å². The van der Waals surface area contributed by atoms with E-state index < -0.39 is 48.4 Å². The van der Waals surface area contributed by atoms with Crippen LogP contribution in [0.1, 0.15) is 30.4 Å². The van der Waals surface area contributed by atoms with Gasteiger partial charge in [0.2, 0.25) is 17.7 Å². The zero-order valence-electron chi connectivity index (χ0n) is 20.6. The first-order valence-corrected chi connectivity index (χ1v) is 12.1. The molecule has 0 fully saturated rings. The molecule has 37 heavy (non-hydrogen) atoms. The predicted molar refractivity (Wildman–Crippen MR) is 137 cm³/mol. The van der Waals surface area contributed by atoms with E-state index in [4.69, 9.17) is 16.6 Å². The normalized spacial score (nSPS) is 13.1. The van der Waals surface area contributed by atoms with Crippen molar-refractivity contribution in [1.29, 1.82) is 0 Å². The van der Waals surface area contributed by atoms with Crippen molar-refractivity contribution < 1.29 is 29.4 Å². The van der Waals surface area contributed by atoms with E-state index in [1.807, 2.05) is 30.3 Å². The lowest BCUT2D eigenvalue weighted by molar-refractivity contribution is -0.138. The number of aromatic hydroxyl groups is 1. The second-order valence-electron chi connectivity index (χ2n) is 8.69. The minimum atomic E-state index is -1.22. The van der Waals surface area contributed by atoms with Crippen molar-refractivity contribution in [2.75, 3.05) is 13.1 Å². The second-order valence-corrected chi connectivity index (χ2v) is 8.69. The molecule has 3 atom stereocenters. The maximum Gasteiger partial charge on any atom is 0.322 e. The lowest BCUT2D eigenvalue weighted by Crippen LogP contribution is -2.56. The first kappa shape index (κ1) is 29.3. The third-order valence-corrected chi connectivity index (χ3v) is 5.64. The number of rotatable bonds is 15. The molecule has 0 aliphatic carbocycles. The smallest absolute Gasteiger partial charge is 0.322 e. The molecule has 11 nitrogen and oxygen atoms in total. The molecule has 0 radical (unpaired) electrons. The summed E-state index contributed by atoms with van der Waals surface area (Å²) in [6.45, 7) is -0.194. The van der Waals surface area contributed by atoms with Crippen LogP contribution in [0, 0.1) is 0 Å². The molecule has 0 aliphatic rings. The Labute approximate surface area is 215 Å². The highest BCUT2D eigenvalue weighted by Gasteiger charge is 2.28. The molecule has 200 valence electrons. The van der Waals surface area contributed by atoms with E-state index in [9.17, 15) is 24.3 Å². The van der Waals surface area contributed by atoms with E-state index in [-0.39, 0.29) is 25.0 Å². The fourth-order valence-corrected chi connectivity index (χ4v) is 3.64. The summed E-state index contributed by atoms with van der Waals surface area (Å²) in [5.41, 5.74) is 13.2. The molecule has 0 saturated heterocycles. The van der Waals surface area contributed by atoms with Crippen LogP contribution in [0.3, 0.4) is 0 Å². The number of carboxylic acids is 1. The van der Waals surface area contributed by atoms with Crippen molar-refractivity contribution in [3.05, 3.63) is 65.7 Å². The van der Waals surface area contributed by atoms with Gasteiger partial charge in [0, 0.05) is 6.42 Å². The highest BCUT2D eigenvalue weighted by Crippen LogP contribution is 2.12. The third-order valence-electron chi connectivity index (χ3n) is 5.64. The summed E-state index contributed by atoms with van der Waals surface area (Å²) in [4.78, 5) is 49.6. The molecule has 3 unspecified atom stereocenters. The standard InChI is InChI=1S/C26H35N5O6/c27-13-5-4-8-21(25(36)29-16-23(33)34)30-26(37)22(15-18-9-11-19(32)12-10-18)31-24(35)20(28)14-17-6-2-1-3-7-17/h1-3,6-7,9-12,20-22,32H,4-5,8,13-16,27-28H2,(H,29,36)(H,30,37)(H,31,35)(H,33,34). The summed E-state index contributed by atoms with van der Waals surface area (Å²) in [7, 11) is 0. The maximum atomic E-state index is 13.3. The summed E-state index contributed by atoms with van der Waals surface area (Å²) < 4.78 is 0. The van der Waals surface area contributed by atoms with Crippen molar-refractivity contribution in [1.82, 2.24) is 16.0 Å². The van der Waals surface area contributed by atoms with Crippen LogP contribution >= 0.6 is 0 Å². The summed E-state index contributed by atoms with van der Waals surface area (Å²) in [6, 6.07) is 12.3. The van der Waals surface area contributed by atoms with Gasteiger partial charge in [-0.2, -0.15) is 0 Å². The van der Waals surface area contributed by atoms with E-state index in [0.29, 0.717) is 24.9 Å². The molecule has 2 aromatic carbocycles. The average Bonchev–Trinajstić information content (AvgIpc) is 2.88. The Morgan fingerprint density at radius 1 is 0.784 bits per heavy atom. The molecule has 0 spiro atoms. The van der Waals surface area contributed by atoms with E-state index in [2.05, 4.69) is 16.0 Å². The van der Waals surface area contributed by atoms with Crippen molar-refractivity contribution >= 4 is 23.7 Å². The monoisotopic (exact) mass is 513 g/mol. The number of carbonyl (C=O) groups excluding carboxylic acids is 3. The number of phenols is 1. The van der Waals surface area contributed by atoms with E-state index in [0.717, 1.165) is 5.56 Å². The van der Waals surface area contributed by atoms with Gasteiger partial charge in [-0.25, -0.2) is 0 Å². The van der Waals surface area contributed by atoms with Gasteiger partial charge in [0.15, 0.2) is 0 Å². The predicted octanol–water partition coefficient (Wildman–Crippen LogP) is -0.196. The molecular weight excluding hydrogens is 478 g/mol. The minimum Gasteiger partial charge on any atom is -0.508 e. The molecule has 0 aromatic heterocycles. The number of hydrogen-bond donors (Lipinski definition) is 7. The largest absolute Gasteiger partial charge is 0.508 e. The fraction of sp³-hybridized carbons (Fsp3) is 0.385. The van der Waals surface area contributed by atoms with Crippen LogP contribution in [0.4, 0.5) is 0 Å². The number of benzene rings is 2. The molecular formula is C26H35N5O6. The molecule has 9 N–H and O–H groups in total. The zero-order chi connectivity index (χ0) is 27.2. The second kappa shape index (κ2) is 15.2. The summed E-state index contributed by atoms with van der Waals surface area (Å²) in [5, 5.41) is 26.0. The van der Waals surface area contributed by atoms with Crippen LogP contribution in [0.25, 0.3) is 0 Å². The van der Waals surface area contributed by atoms with Gasteiger partial charge in [0.05, 0.1) is 6.04 Å². The fourth-order valence-electron chi connectivity index (χ4n) is 3.64. The van der Waals surface area contributed by atoms with Crippen molar-refractivity contribution in [2.45, 2.75) is 50.2 Å². The number of nitrogens with one attached hydrogen (secondary N) is 3. The number of hydrogen-bond acceptors (Lipinski definition) is 7. The van der Waals surface area contributed by atoms with E-state index in [1.54, 1.807) is 12.1 Å². The molecule has 2 aromatic rings. The Morgan fingerprint density at radius 3 is 2.03 bits per heavy atom. The topological polar surface area (TPSA) is 197 Å². The Balaban J connectivity index is 2.17. The van der Waals surface area contributed by atoms with Crippen LogP contribution in [-0.4, -0.2) is 65.1 Å². The van der Waals surface area contributed by atoms with Crippen molar-refractivity contribution in [3.63, 3.8) is 0 Å². The number of aliphatic carboxylic acids is 1. The third kappa shape index (κ3) is 10.7. The van der Waals surface area contributed by atoms with Crippen LogP contribution in [0.15, 0.2) is 54.6 Å². The Morgan fingerprint density at radius 2 is 1.41 bits per heavy atom. The van der Waals surface area contributed by atoms with Crippen LogP contribution in [0.2, 0.25) is 0 Å². The van der Waals surface area contributed by atoms with Gasteiger partial charge in [0.1, 0.15) is 24.4 Å². The van der Waals surface area contributed by atoms with Crippen molar-refractivity contribution in [3.8, 4) is 5.75 Å².